The third-order valence-electron chi connectivity index (χ3n) is 9.07. The Morgan fingerprint density at radius 3 is 2.56 bits per heavy atom. The second-order valence-corrected chi connectivity index (χ2v) is 12.5. The van der Waals surface area contributed by atoms with E-state index in [0.29, 0.717) is 50.5 Å². The minimum Gasteiger partial charge on any atom is -0.344 e. The zero-order chi connectivity index (χ0) is 31.9. The van der Waals surface area contributed by atoms with Gasteiger partial charge in [0.05, 0.1) is 24.8 Å². The fourth-order valence-corrected chi connectivity index (χ4v) is 6.20. The Morgan fingerprint density at radius 2 is 1.82 bits per heavy atom. The fourth-order valence-electron chi connectivity index (χ4n) is 6.20. The Morgan fingerprint density at radius 1 is 1.07 bits per heavy atom. The molecule has 242 valence electrons. The van der Waals surface area contributed by atoms with Crippen molar-refractivity contribution < 1.29 is 14.4 Å². The van der Waals surface area contributed by atoms with Gasteiger partial charge in [-0.05, 0) is 56.9 Å². The Hall–Kier alpha value is -4.13. The lowest BCUT2D eigenvalue weighted by molar-refractivity contribution is -0.130. The predicted octanol–water partition coefficient (Wildman–Crippen LogP) is 2.49. The number of nitrogens with zero attached hydrogens (tertiary/aromatic N) is 7. The van der Waals surface area contributed by atoms with E-state index in [1.54, 1.807) is 20.5 Å². The molecule has 45 heavy (non-hydrogen) atoms. The molecule has 13 heteroatoms. The zero-order valence-electron chi connectivity index (χ0n) is 26.6. The molecule has 1 aliphatic heterocycles. The molecule has 1 fully saturated rings. The van der Waals surface area contributed by atoms with Gasteiger partial charge >= 0.3 is 0 Å². The molecule has 1 saturated carbocycles. The summed E-state index contributed by atoms with van der Waals surface area (Å²) in [6.45, 7) is 6.80. The SMILES string of the molecule is CC[C@H](C)[C@@H]1NC(=O)CCCN(C(=O)c2cn(C3CCC(N)CC3)nn2)CCn2nc(C)nc2[C@H](Cc2ccccc2)NC1=O. The van der Waals surface area contributed by atoms with E-state index in [1.807, 2.05) is 51.1 Å². The molecular formula is C32H46N10O3. The van der Waals surface area contributed by atoms with Gasteiger partial charge in [0.25, 0.3) is 5.91 Å². The predicted molar refractivity (Wildman–Crippen MR) is 168 cm³/mol. The summed E-state index contributed by atoms with van der Waals surface area (Å²) in [6, 6.07) is 9.07. The zero-order valence-corrected chi connectivity index (χ0v) is 26.6. The molecule has 3 amide bonds. The highest BCUT2D eigenvalue weighted by Gasteiger charge is 2.31. The van der Waals surface area contributed by atoms with Crippen molar-refractivity contribution in [3.05, 3.63) is 59.4 Å². The van der Waals surface area contributed by atoms with E-state index < -0.39 is 12.1 Å². The number of amides is 3. The molecule has 2 aliphatic rings. The molecule has 3 heterocycles. The highest BCUT2D eigenvalue weighted by Crippen LogP contribution is 2.27. The van der Waals surface area contributed by atoms with Gasteiger partial charge < -0.3 is 21.3 Å². The molecule has 3 aromatic rings. The first kappa shape index (κ1) is 32.3. The number of aromatic nitrogens is 6. The number of aryl methyl sites for hydroxylation is 1. The van der Waals surface area contributed by atoms with Gasteiger partial charge in [0.2, 0.25) is 11.8 Å². The smallest absolute Gasteiger partial charge is 0.276 e. The summed E-state index contributed by atoms with van der Waals surface area (Å²) in [6.07, 6.45) is 7.21. The van der Waals surface area contributed by atoms with Gasteiger partial charge in [0.15, 0.2) is 5.69 Å². The molecule has 2 aromatic heterocycles. The average Bonchev–Trinajstić information content (AvgIpc) is 3.68. The highest BCUT2D eigenvalue weighted by molar-refractivity contribution is 5.92. The van der Waals surface area contributed by atoms with Gasteiger partial charge in [0.1, 0.15) is 17.7 Å². The number of nitrogens with one attached hydrogen (secondary N) is 2. The quantitative estimate of drug-likeness (QED) is 0.379. The van der Waals surface area contributed by atoms with E-state index in [1.165, 1.54) is 0 Å². The van der Waals surface area contributed by atoms with Gasteiger partial charge in [-0.1, -0.05) is 55.8 Å². The summed E-state index contributed by atoms with van der Waals surface area (Å²) in [5.41, 5.74) is 7.38. The van der Waals surface area contributed by atoms with Gasteiger partial charge in [0, 0.05) is 25.6 Å². The van der Waals surface area contributed by atoms with Crippen LogP contribution in [0.15, 0.2) is 36.5 Å². The molecule has 5 rings (SSSR count). The number of hydrogen-bond acceptors (Lipinski definition) is 8. The first-order valence-electron chi connectivity index (χ1n) is 16.2. The van der Waals surface area contributed by atoms with Crippen molar-refractivity contribution in [1.29, 1.82) is 0 Å². The summed E-state index contributed by atoms with van der Waals surface area (Å²) < 4.78 is 3.58. The van der Waals surface area contributed by atoms with Crippen molar-refractivity contribution in [1.82, 2.24) is 45.3 Å². The molecule has 0 saturated heterocycles. The number of carbonyl (C=O) groups is 3. The molecule has 3 atom stereocenters. The standard InChI is InChI=1S/C32H46N10O3/c1-4-21(2)29-31(44)35-26(19-23-9-6-5-7-10-23)30-34-22(3)38-41(30)18-17-40(16-8-11-28(43)36-29)32(45)27-20-42(39-37-27)25-14-12-24(33)13-15-25/h5-7,9-10,20-21,24-26,29H,4,8,11-19,33H2,1-3H3,(H,35,44)(H,36,43)/t21-,24?,25?,26-,29-/m0/s1. The van der Waals surface area contributed by atoms with Crippen molar-refractivity contribution in [3.63, 3.8) is 0 Å². The van der Waals surface area contributed by atoms with E-state index in [4.69, 9.17) is 10.7 Å². The topological polar surface area (TPSA) is 166 Å². The minimum absolute atomic E-state index is 0.0839. The fraction of sp³-hybridized carbons (Fsp3) is 0.594. The van der Waals surface area contributed by atoms with Crippen molar-refractivity contribution >= 4 is 17.7 Å². The molecule has 1 aliphatic carbocycles. The summed E-state index contributed by atoms with van der Waals surface area (Å²) in [7, 11) is 0. The first-order valence-corrected chi connectivity index (χ1v) is 16.2. The maximum Gasteiger partial charge on any atom is 0.276 e. The van der Waals surface area contributed by atoms with Crippen LogP contribution in [-0.2, 0) is 22.6 Å². The van der Waals surface area contributed by atoms with Gasteiger partial charge in [-0.3, -0.25) is 14.4 Å². The lowest BCUT2D eigenvalue weighted by Gasteiger charge is -2.28. The monoisotopic (exact) mass is 618 g/mol. The van der Waals surface area contributed by atoms with Crippen LogP contribution in [0.2, 0.25) is 0 Å². The Bertz CT molecular complexity index is 1450. The molecule has 1 aromatic carbocycles. The molecule has 13 nitrogen and oxygen atoms in total. The third-order valence-corrected chi connectivity index (χ3v) is 9.07. The van der Waals surface area contributed by atoms with Crippen LogP contribution in [0.1, 0.15) is 98.6 Å². The van der Waals surface area contributed by atoms with E-state index in [0.717, 1.165) is 31.2 Å². The number of fused-ring (bicyclic) bond motifs is 1. The number of rotatable bonds is 6. The van der Waals surface area contributed by atoms with Crippen LogP contribution in [0.4, 0.5) is 0 Å². The van der Waals surface area contributed by atoms with Crippen LogP contribution in [0, 0.1) is 12.8 Å². The minimum atomic E-state index is -0.705. The number of benzene rings is 1. The van der Waals surface area contributed by atoms with E-state index in [9.17, 15) is 14.4 Å². The van der Waals surface area contributed by atoms with Crippen LogP contribution in [-0.4, -0.2) is 77.6 Å². The second-order valence-electron chi connectivity index (χ2n) is 12.5. The molecule has 0 bridgehead atoms. The summed E-state index contributed by atoms with van der Waals surface area (Å²) >= 11 is 0. The van der Waals surface area contributed by atoms with Gasteiger partial charge in [-0.25, -0.2) is 14.3 Å². The summed E-state index contributed by atoms with van der Waals surface area (Å²) in [4.78, 5) is 47.1. The lowest BCUT2D eigenvalue weighted by Crippen LogP contribution is -2.51. The Balaban J connectivity index is 1.43. The van der Waals surface area contributed by atoms with E-state index in [2.05, 4.69) is 26.0 Å². The average molecular weight is 619 g/mol. The molecular weight excluding hydrogens is 572 g/mol. The molecule has 0 spiro atoms. The number of carbonyl (C=O) groups excluding carboxylic acids is 3. The van der Waals surface area contributed by atoms with Crippen LogP contribution in [0.5, 0.6) is 0 Å². The van der Waals surface area contributed by atoms with Crippen LogP contribution < -0.4 is 16.4 Å². The van der Waals surface area contributed by atoms with Crippen molar-refractivity contribution in [2.75, 3.05) is 13.1 Å². The molecule has 4 N–H and O–H groups in total. The largest absolute Gasteiger partial charge is 0.344 e. The summed E-state index contributed by atoms with van der Waals surface area (Å²) in [5, 5.41) is 19.4. The van der Waals surface area contributed by atoms with E-state index >= 15 is 0 Å². The van der Waals surface area contributed by atoms with Crippen molar-refractivity contribution in [3.8, 4) is 0 Å². The maximum absolute atomic E-state index is 13.8. The Labute approximate surface area is 264 Å². The van der Waals surface area contributed by atoms with Gasteiger partial charge in [-0.15, -0.1) is 5.10 Å². The van der Waals surface area contributed by atoms with Crippen LogP contribution in [0.3, 0.4) is 0 Å². The second kappa shape index (κ2) is 14.8. The van der Waals surface area contributed by atoms with Gasteiger partial charge in [-0.2, -0.15) is 5.10 Å². The van der Waals surface area contributed by atoms with Crippen molar-refractivity contribution in [2.24, 2.45) is 11.7 Å². The normalized spacial score (nSPS) is 24.2. The van der Waals surface area contributed by atoms with Crippen LogP contribution in [0.25, 0.3) is 0 Å². The number of nitrogens with two attached hydrogens (primary N) is 1. The highest BCUT2D eigenvalue weighted by atomic mass is 16.2. The Kier molecular flexibility index (Phi) is 10.6. The molecule has 0 unspecified atom stereocenters. The third kappa shape index (κ3) is 8.13. The summed E-state index contributed by atoms with van der Waals surface area (Å²) in [5.74, 6) is 0.375. The first-order chi connectivity index (χ1) is 21.7. The maximum atomic E-state index is 13.8. The lowest BCUT2D eigenvalue weighted by atomic mass is 9.92. The number of hydrogen-bond donors (Lipinski definition) is 3. The van der Waals surface area contributed by atoms with E-state index in [-0.39, 0.29) is 47.8 Å². The van der Waals surface area contributed by atoms with Crippen LogP contribution >= 0.6 is 0 Å². The van der Waals surface area contributed by atoms with Crippen molar-refractivity contribution in [2.45, 2.75) is 103 Å². The molecule has 0 radical (unpaired) electrons.